The number of nitrogens with zero attached hydrogens (tertiary/aromatic N) is 4. The van der Waals surface area contributed by atoms with Crippen molar-refractivity contribution < 1.29 is 4.74 Å². The van der Waals surface area contributed by atoms with E-state index >= 15 is 0 Å². The molecule has 0 amide bonds. The van der Waals surface area contributed by atoms with Gasteiger partial charge in [0.15, 0.2) is 0 Å². The molecule has 42 heavy (non-hydrogen) atoms. The van der Waals surface area contributed by atoms with E-state index in [4.69, 9.17) is 4.74 Å². The lowest BCUT2D eigenvalue weighted by molar-refractivity contribution is 0.0913. The Bertz CT molecular complexity index is 1710. The molecule has 2 aromatic carbocycles. The van der Waals surface area contributed by atoms with Crippen molar-refractivity contribution >= 4 is 35.6 Å². The predicted molar refractivity (Wildman–Crippen MR) is 180 cm³/mol. The van der Waals surface area contributed by atoms with Gasteiger partial charge in [0.1, 0.15) is 6.73 Å². The fourth-order valence-electron chi connectivity index (χ4n) is 4.76. The van der Waals surface area contributed by atoms with E-state index in [0.717, 1.165) is 46.2 Å². The average molecular weight is 576 g/mol. The number of benzene rings is 2. The molecule has 0 saturated carbocycles. The Hall–Kier alpha value is -4.20. The Morgan fingerprint density at radius 2 is 1.60 bits per heavy atom. The zero-order valence-electron chi connectivity index (χ0n) is 25.6. The number of ether oxygens (including phenoxy) is 1. The molecule has 0 aliphatic rings. The standard InChI is InChI=1S/C20H26N2OSi.C15H15N3/c1-16-9-10-18(14-21-16)20-13-17-7-5-6-8-19(17)22(20)15-23-11-12-24(2,3)4;1-18(2)12-7-8-14(16-10-12)15-9-11-5-3-4-6-13(11)17-15/h5-10,13-14H,11-12,15H2,1-4H3;3-10,17H,1-2H3. The van der Waals surface area contributed by atoms with Crippen molar-refractivity contribution in [3.05, 3.63) is 103 Å². The van der Waals surface area contributed by atoms with Crippen molar-refractivity contribution in [2.45, 2.75) is 39.3 Å². The van der Waals surface area contributed by atoms with E-state index in [1.807, 2.05) is 56.5 Å². The van der Waals surface area contributed by atoms with Gasteiger partial charge in [-0.05, 0) is 61.5 Å². The van der Waals surface area contributed by atoms with Gasteiger partial charge in [0.2, 0.25) is 0 Å². The Balaban J connectivity index is 0.000000175. The smallest absolute Gasteiger partial charge is 0.123 e. The van der Waals surface area contributed by atoms with Crippen molar-refractivity contribution in [3.63, 3.8) is 0 Å². The van der Waals surface area contributed by atoms with Crippen molar-refractivity contribution in [1.29, 1.82) is 0 Å². The van der Waals surface area contributed by atoms with Gasteiger partial charge in [0.05, 0.1) is 34.5 Å². The van der Waals surface area contributed by atoms with Gasteiger partial charge in [-0.1, -0.05) is 56.0 Å². The number of pyridine rings is 2. The number of aromatic amines is 1. The minimum atomic E-state index is -1.06. The van der Waals surface area contributed by atoms with E-state index in [0.29, 0.717) is 6.73 Å². The first-order chi connectivity index (χ1) is 20.2. The maximum atomic E-state index is 6.03. The molecule has 6 nitrogen and oxygen atoms in total. The Kier molecular flexibility index (Phi) is 8.90. The minimum absolute atomic E-state index is 0.585. The summed E-state index contributed by atoms with van der Waals surface area (Å²) in [7, 11) is 2.97. The van der Waals surface area contributed by atoms with Crippen LogP contribution in [0.25, 0.3) is 44.5 Å². The maximum Gasteiger partial charge on any atom is 0.123 e. The molecular formula is C35H41N5OSi. The highest BCUT2D eigenvalue weighted by Gasteiger charge is 2.14. The first kappa shape index (κ1) is 29.3. The summed E-state index contributed by atoms with van der Waals surface area (Å²) in [5.41, 5.74) is 8.82. The lowest BCUT2D eigenvalue weighted by atomic mass is 10.2. The molecule has 4 aromatic heterocycles. The predicted octanol–water partition coefficient (Wildman–Crippen LogP) is 8.62. The largest absolute Gasteiger partial charge is 0.376 e. The third-order valence-corrected chi connectivity index (χ3v) is 9.01. The summed E-state index contributed by atoms with van der Waals surface area (Å²) in [6, 6.07) is 30.6. The number of fused-ring (bicyclic) bond motifs is 2. The third kappa shape index (κ3) is 7.16. The number of aryl methyl sites for hydroxylation is 1. The lowest BCUT2D eigenvalue weighted by Crippen LogP contribution is -2.22. The van der Waals surface area contributed by atoms with E-state index in [9.17, 15) is 0 Å². The second kappa shape index (κ2) is 12.8. The number of aromatic nitrogens is 4. The fraction of sp³-hybridized carbons (Fsp3) is 0.257. The van der Waals surface area contributed by atoms with Crippen LogP contribution in [0.1, 0.15) is 5.69 Å². The average Bonchev–Trinajstić information content (AvgIpc) is 3.58. The summed E-state index contributed by atoms with van der Waals surface area (Å²) in [5.74, 6) is 0. The number of H-pyrrole nitrogens is 1. The molecule has 0 radical (unpaired) electrons. The van der Waals surface area contributed by atoms with Crippen LogP contribution in [0.5, 0.6) is 0 Å². The van der Waals surface area contributed by atoms with E-state index in [1.165, 1.54) is 22.3 Å². The number of nitrogens with one attached hydrogen (secondary N) is 1. The minimum Gasteiger partial charge on any atom is -0.376 e. The van der Waals surface area contributed by atoms with Crippen LogP contribution in [0.15, 0.2) is 97.3 Å². The topological polar surface area (TPSA) is 59.0 Å². The Morgan fingerprint density at radius 3 is 2.26 bits per heavy atom. The summed E-state index contributed by atoms with van der Waals surface area (Å²) >= 11 is 0. The van der Waals surface area contributed by atoms with E-state index in [2.05, 4.69) is 106 Å². The Morgan fingerprint density at radius 1 is 0.833 bits per heavy atom. The van der Waals surface area contributed by atoms with Gasteiger partial charge >= 0.3 is 0 Å². The normalized spacial score (nSPS) is 11.5. The molecule has 4 heterocycles. The maximum absolute atomic E-state index is 6.03. The third-order valence-electron chi connectivity index (χ3n) is 7.30. The number of hydrogen-bond donors (Lipinski definition) is 1. The van der Waals surface area contributed by atoms with E-state index < -0.39 is 8.07 Å². The van der Waals surface area contributed by atoms with Crippen molar-refractivity contribution in [2.24, 2.45) is 0 Å². The first-order valence-corrected chi connectivity index (χ1v) is 18.2. The molecule has 0 aliphatic heterocycles. The molecule has 0 spiro atoms. The zero-order chi connectivity index (χ0) is 29.7. The molecule has 6 aromatic rings. The SMILES string of the molecule is CN(C)c1ccc(-c2cc3ccccc3[nH]2)nc1.Cc1ccc(-c2cc3ccccc3n2COCC[Si](C)(C)C)cn1. The molecular weight excluding hydrogens is 535 g/mol. The van der Waals surface area contributed by atoms with Gasteiger partial charge in [-0.2, -0.15) is 0 Å². The molecule has 0 bridgehead atoms. The quantitative estimate of drug-likeness (QED) is 0.146. The van der Waals surface area contributed by atoms with E-state index in [-0.39, 0.29) is 0 Å². The summed E-state index contributed by atoms with van der Waals surface area (Å²) in [6.07, 6.45) is 3.84. The van der Waals surface area contributed by atoms with Crippen LogP contribution in [0.3, 0.4) is 0 Å². The molecule has 216 valence electrons. The summed E-state index contributed by atoms with van der Waals surface area (Å²) in [6.45, 7) is 10.6. The summed E-state index contributed by atoms with van der Waals surface area (Å²) in [4.78, 5) is 14.4. The van der Waals surface area contributed by atoms with Crippen LogP contribution in [0.4, 0.5) is 5.69 Å². The highest BCUT2D eigenvalue weighted by atomic mass is 28.3. The number of rotatable bonds is 8. The van der Waals surface area contributed by atoms with Crippen LogP contribution < -0.4 is 4.90 Å². The molecule has 0 fully saturated rings. The van der Waals surface area contributed by atoms with Crippen LogP contribution >= 0.6 is 0 Å². The molecule has 0 saturated heterocycles. The lowest BCUT2D eigenvalue weighted by Gasteiger charge is -2.17. The highest BCUT2D eigenvalue weighted by molar-refractivity contribution is 6.76. The molecule has 0 unspecified atom stereocenters. The van der Waals surface area contributed by atoms with Gasteiger partial charge in [0.25, 0.3) is 0 Å². The Labute approximate surface area is 250 Å². The molecule has 7 heteroatoms. The second-order valence-corrected chi connectivity index (χ2v) is 17.7. The van der Waals surface area contributed by atoms with Crippen LogP contribution in [-0.2, 0) is 11.5 Å². The van der Waals surface area contributed by atoms with Gasteiger partial charge < -0.3 is 19.2 Å². The van der Waals surface area contributed by atoms with Gasteiger partial charge in [-0.25, -0.2) is 0 Å². The second-order valence-electron chi connectivity index (χ2n) is 12.1. The summed E-state index contributed by atoms with van der Waals surface area (Å²) in [5, 5.41) is 2.45. The zero-order valence-corrected chi connectivity index (χ0v) is 26.6. The monoisotopic (exact) mass is 575 g/mol. The molecule has 0 aliphatic carbocycles. The van der Waals surface area contributed by atoms with Crippen LogP contribution in [0, 0.1) is 6.92 Å². The van der Waals surface area contributed by atoms with Crippen LogP contribution in [-0.4, -0.2) is 48.3 Å². The molecule has 6 rings (SSSR count). The van der Waals surface area contributed by atoms with E-state index in [1.54, 1.807) is 0 Å². The highest BCUT2D eigenvalue weighted by Crippen LogP contribution is 2.28. The van der Waals surface area contributed by atoms with Crippen molar-refractivity contribution in [1.82, 2.24) is 19.5 Å². The molecule has 1 N–H and O–H groups in total. The molecule has 0 atom stereocenters. The number of hydrogen-bond acceptors (Lipinski definition) is 4. The number of anilines is 1. The summed E-state index contributed by atoms with van der Waals surface area (Å²) < 4.78 is 8.28. The number of para-hydroxylation sites is 2. The van der Waals surface area contributed by atoms with Crippen molar-refractivity contribution in [2.75, 3.05) is 25.6 Å². The van der Waals surface area contributed by atoms with Crippen molar-refractivity contribution in [3.8, 4) is 22.6 Å². The van der Waals surface area contributed by atoms with Gasteiger partial charge in [-0.15, -0.1) is 0 Å². The first-order valence-electron chi connectivity index (χ1n) is 14.5. The van der Waals surface area contributed by atoms with Gasteiger partial charge in [0, 0.05) is 62.5 Å². The fourth-order valence-corrected chi connectivity index (χ4v) is 5.52. The van der Waals surface area contributed by atoms with Gasteiger partial charge in [-0.3, -0.25) is 9.97 Å². The van der Waals surface area contributed by atoms with Crippen LogP contribution in [0.2, 0.25) is 25.7 Å².